The van der Waals surface area contributed by atoms with E-state index in [9.17, 15) is 4.39 Å². The highest BCUT2D eigenvalue weighted by atomic mass is 32.1. The van der Waals surface area contributed by atoms with Crippen LogP contribution in [0.25, 0.3) is 10.9 Å². The van der Waals surface area contributed by atoms with Gasteiger partial charge in [-0.3, -0.25) is 9.88 Å². The first-order valence-electron chi connectivity index (χ1n) is 13.7. The van der Waals surface area contributed by atoms with Gasteiger partial charge >= 0.3 is 0 Å². The number of anilines is 1. The van der Waals surface area contributed by atoms with E-state index in [4.69, 9.17) is 26.4 Å². The number of pyridine rings is 1. The van der Waals surface area contributed by atoms with Crippen molar-refractivity contribution in [3.8, 4) is 11.5 Å². The highest BCUT2D eigenvalue weighted by molar-refractivity contribution is 7.80. The number of nitrogens with one attached hydrogen (secondary N) is 1. The number of methoxy groups -OCH3 is 1. The Kier molecular flexibility index (Phi) is 9.74. The van der Waals surface area contributed by atoms with E-state index in [0.29, 0.717) is 35.5 Å². The molecule has 4 heterocycles. The maximum atomic E-state index is 12.7. The average Bonchev–Trinajstić information content (AvgIpc) is 3.02. The SMILES string of the molecule is COc1cc2c(N3CCN(C(=S)NCc4ccc(CF)nc4)CC3)ncnc2cc1OCCCN1CCOCC1. The number of thiocarbonyl (C=S) groups is 1. The third kappa shape index (κ3) is 7.04. The van der Waals surface area contributed by atoms with Gasteiger partial charge in [0, 0.05) is 70.0 Å². The minimum atomic E-state index is -0.560. The zero-order valence-corrected chi connectivity index (χ0v) is 23.7. The van der Waals surface area contributed by atoms with Gasteiger partial charge in [-0.05, 0) is 36.3 Å². The number of hydrogen-bond donors (Lipinski definition) is 1. The van der Waals surface area contributed by atoms with E-state index in [1.54, 1.807) is 25.7 Å². The fourth-order valence-corrected chi connectivity index (χ4v) is 5.17. The molecule has 0 spiro atoms. The van der Waals surface area contributed by atoms with Crippen LogP contribution in [0, 0.1) is 0 Å². The summed E-state index contributed by atoms with van der Waals surface area (Å²) in [7, 11) is 1.66. The Bertz CT molecular complexity index is 1270. The average molecular weight is 570 g/mol. The van der Waals surface area contributed by atoms with E-state index in [1.807, 2.05) is 18.2 Å². The van der Waals surface area contributed by atoms with Crippen molar-refractivity contribution in [1.82, 2.24) is 30.1 Å². The molecule has 0 amide bonds. The highest BCUT2D eigenvalue weighted by Gasteiger charge is 2.22. The summed E-state index contributed by atoms with van der Waals surface area (Å²) in [6.07, 6.45) is 4.21. The van der Waals surface area contributed by atoms with E-state index >= 15 is 0 Å². The van der Waals surface area contributed by atoms with Crippen LogP contribution < -0.4 is 19.7 Å². The van der Waals surface area contributed by atoms with Crippen LogP contribution in [0.3, 0.4) is 0 Å². The second-order valence-corrected chi connectivity index (χ2v) is 10.2. The fraction of sp³-hybridized carbons (Fsp3) is 0.500. The van der Waals surface area contributed by atoms with Gasteiger partial charge in [0.25, 0.3) is 0 Å². The van der Waals surface area contributed by atoms with Crippen LogP contribution >= 0.6 is 12.2 Å². The predicted octanol–water partition coefficient (Wildman–Crippen LogP) is 2.80. The van der Waals surface area contributed by atoms with Crippen LogP contribution in [0.2, 0.25) is 0 Å². The molecule has 40 heavy (non-hydrogen) atoms. The number of fused-ring (bicyclic) bond motifs is 1. The van der Waals surface area contributed by atoms with Gasteiger partial charge in [0.1, 0.15) is 18.8 Å². The number of rotatable bonds is 10. The van der Waals surface area contributed by atoms with Gasteiger partial charge in [0.05, 0.1) is 38.1 Å². The molecule has 0 atom stereocenters. The largest absolute Gasteiger partial charge is 0.493 e. The summed E-state index contributed by atoms with van der Waals surface area (Å²) in [4.78, 5) is 20.1. The van der Waals surface area contributed by atoms with Gasteiger partial charge in [-0.25, -0.2) is 14.4 Å². The number of hydrogen-bond acceptors (Lipinski definition) is 9. The maximum absolute atomic E-state index is 12.7. The van der Waals surface area contributed by atoms with Crippen molar-refractivity contribution in [3.63, 3.8) is 0 Å². The number of ether oxygens (including phenoxy) is 3. The molecule has 0 aliphatic carbocycles. The molecule has 2 fully saturated rings. The molecule has 0 saturated carbocycles. The highest BCUT2D eigenvalue weighted by Crippen LogP contribution is 2.35. The predicted molar refractivity (Wildman–Crippen MR) is 156 cm³/mol. The Morgan fingerprint density at radius 1 is 1.05 bits per heavy atom. The molecule has 2 saturated heterocycles. The second-order valence-electron chi connectivity index (χ2n) is 9.80. The number of nitrogens with zero attached hydrogens (tertiary/aromatic N) is 6. The van der Waals surface area contributed by atoms with Crippen LogP contribution in [0.4, 0.5) is 10.2 Å². The van der Waals surface area contributed by atoms with Crippen molar-refractivity contribution in [3.05, 3.63) is 48.0 Å². The van der Waals surface area contributed by atoms with Crippen LogP contribution in [0.5, 0.6) is 11.5 Å². The minimum absolute atomic E-state index is 0.431. The van der Waals surface area contributed by atoms with Crippen LogP contribution in [0.1, 0.15) is 17.7 Å². The molecule has 214 valence electrons. The summed E-state index contributed by atoms with van der Waals surface area (Å²) < 4.78 is 29.9. The fourth-order valence-electron chi connectivity index (χ4n) is 4.92. The Labute approximate surface area is 239 Å². The molecule has 0 unspecified atom stereocenters. The first kappa shape index (κ1) is 28.2. The quantitative estimate of drug-likeness (QED) is 0.289. The topological polar surface area (TPSA) is 88.1 Å². The maximum Gasteiger partial charge on any atom is 0.169 e. The molecule has 0 bridgehead atoms. The van der Waals surface area contributed by atoms with Crippen molar-refractivity contribution >= 4 is 34.1 Å². The third-order valence-electron chi connectivity index (χ3n) is 7.21. The molecule has 3 aromatic rings. The van der Waals surface area contributed by atoms with E-state index in [2.05, 4.69) is 35.0 Å². The Morgan fingerprint density at radius 3 is 2.60 bits per heavy atom. The van der Waals surface area contributed by atoms with Crippen molar-refractivity contribution in [2.45, 2.75) is 19.6 Å². The lowest BCUT2D eigenvalue weighted by Crippen LogP contribution is -2.51. The first-order chi connectivity index (χ1) is 19.6. The third-order valence-corrected chi connectivity index (χ3v) is 7.62. The normalized spacial score (nSPS) is 16.2. The lowest BCUT2D eigenvalue weighted by atomic mass is 10.2. The summed E-state index contributed by atoms with van der Waals surface area (Å²) >= 11 is 5.63. The first-order valence-corrected chi connectivity index (χ1v) is 14.1. The molecular weight excluding hydrogens is 533 g/mol. The van der Waals surface area contributed by atoms with Crippen molar-refractivity contribution in [2.75, 3.05) is 77.6 Å². The van der Waals surface area contributed by atoms with Crippen LogP contribution in [-0.2, 0) is 18.0 Å². The molecule has 12 heteroatoms. The van der Waals surface area contributed by atoms with Gasteiger partial charge in [0.15, 0.2) is 16.6 Å². The molecular formula is C28H36FN7O3S. The van der Waals surface area contributed by atoms with E-state index < -0.39 is 6.67 Å². The van der Waals surface area contributed by atoms with Gasteiger partial charge in [-0.15, -0.1) is 0 Å². The summed E-state index contributed by atoms with van der Waals surface area (Å²) in [6, 6.07) is 7.48. The lowest BCUT2D eigenvalue weighted by molar-refractivity contribution is 0.0357. The number of morpholine rings is 1. The zero-order chi connectivity index (χ0) is 27.7. The van der Waals surface area contributed by atoms with Gasteiger partial charge in [0.2, 0.25) is 0 Å². The smallest absolute Gasteiger partial charge is 0.169 e. The number of benzene rings is 1. The van der Waals surface area contributed by atoms with Gasteiger partial charge in [-0.2, -0.15) is 0 Å². The van der Waals surface area contributed by atoms with E-state index in [1.165, 1.54) is 0 Å². The molecule has 2 aliphatic rings. The molecule has 1 aromatic carbocycles. The summed E-state index contributed by atoms with van der Waals surface area (Å²) in [6.45, 7) is 8.19. The van der Waals surface area contributed by atoms with Gasteiger partial charge < -0.3 is 29.3 Å². The van der Waals surface area contributed by atoms with Crippen molar-refractivity contribution in [2.24, 2.45) is 0 Å². The van der Waals surface area contributed by atoms with Gasteiger partial charge in [-0.1, -0.05) is 6.07 Å². The number of halogens is 1. The van der Waals surface area contributed by atoms with Crippen molar-refractivity contribution < 1.29 is 18.6 Å². The number of piperazine rings is 1. The van der Waals surface area contributed by atoms with Crippen LogP contribution in [0.15, 0.2) is 36.8 Å². The molecule has 2 aromatic heterocycles. The van der Waals surface area contributed by atoms with Crippen LogP contribution in [-0.4, -0.2) is 103 Å². The number of alkyl halides is 1. The standard InChI is InChI=1S/C28H36FN7O3S/c1-37-25-15-23-24(16-26(25)39-12-2-5-34-10-13-38-14-11-34)32-20-33-27(23)35-6-8-36(9-7-35)28(40)31-19-21-3-4-22(17-29)30-18-21/h3-4,15-16,18,20H,2,5-14,17,19H2,1H3,(H,31,40). The molecule has 5 rings (SSSR count). The van der Waals surface area contributed by atoms with Crippen molar-refractivity contribution in [1.29, 1.82) is 0 Å². The van der Waals surface area contributed by atoms with E-state index in [-0.39, 0.29) is 0 Å². The summed E-state index contributed by atoms with van der Waals surface area (Å²) in [5.74, 6) is 2.24. The zero-order valence-electron chi connectivity index (χ0n) is 22.9. The Balaban J connectivity index is 1.16. The Hall–Kier alpha value is -3.35. The Morgan fingerprint density at radius 2 is 1.88 bits per heavy atom. The molecule has 0 radical (unpaired) electrons. The summed E-state index contributed by atoms with van der Waals surface area (Å²) in [5, 5.41) is 4.91. The molecule has 1 N–H and O–H groups in total. The molecule has 10 nitrogen and oxygen atoms in total. The van der Waals surface area contributed by atoms with E-state index in [0.717, 1.165) is 87.7 Å². The second kappa shape index (κ2) is 13.8. The monoisotopic (exact) mass is 569 g/mol. The minimum Gasteiger partial charge on any atom is -0.493 e. The molecule has 2 aliphatic heterocycles. The lowest BCUT2D eigenvalue weighted by Gasteiger charge is -2.37. The number of aromatic nitrogens is 3. The summed E-state index contributed by atoms with van der Waals surface area (Å²) in [5.41, 5.74) is 2.21.